The molecule has 0 aliphatic rings. The Morgan fingerprint density at radius 3 is 2.37 bits per heavy atom. The Hall–Kier alpha value is -1.59. The minimum absolute atomic E-state index is 0.381. The zero-order chi connectivity index (χ0) is 13.9. The fraction of sp³-hybridized carbons (Fsp3) is 0.286. The molecule has 2 nitrogen and oxygen atoms in total. The highest BCUT2D eigenvalue weighted by Crippen LogP contribution is 2.21. The molecule has 0 bridgehead atoms. The molecular weight excluding hydrogens is 255 g/mol. The van der Waals surface area contributed by atoms with Crippen LogP contribution in [-0.4, -0.2) is 24.4 Å². The van der Waals surface area contributed by atoms with E-state index in [9.17, 15) is 18.3 Å². The van der Waals surface area contributed by atoms with Crippen molar-refractivity contribution in [3.05, 3.63) is 48.0 Å². The summed E-state index contributed by atoms with van der Waals surface area (Å²) in [6.07, 6.45) is -4.29. The lowest BCUT2D eigenvalue weighted by Crippen LogP contribution is -2.33. The molecular formula is C14H14F3NO. The third-order valence-corrected chi connectivity index (χ3v) is 2.91. The third-order valence-electron chi connectivity index (χ3n) is 2.91. The van der Waals surface area contributed by atoms with Crippen LogP contribution in [0, 0.1) is 0 Å². The largest absolute Gasteiger partial charge is 0.401 e. The van der Waals surface area contributed by atoms with Crippen LogP contribution in [0.15, 0.2) is 42.5 Å². The molecule has 0 spiro atoms. The zero-order valence-electron chi connectivity index (χ0n) is 10.1. The van der Waals surface area contributed by atoms with Crippen molar-refractivity contribution in [3.8, 4) is 0 Å². The molecule has 2 aromatic rings. The zero-order valence-corrected chi connectivity index (χ0v) is 10.1. The van der Waals surface area contributed by atoms with Gasteiger partial charge in [-0.25, -0.2) is 0 Å². The van der Waals surface area contributed by atoms with E-state index in [1.54, 1.807) is 12.1 Å². The first-order valence-electron chi connectivity index (χ1n) is 5.89. The Balaban J connectivity index is 2.20. The molecule has 5 heteroatoms. The number of rotatable bonds is 4. The van der Waals surface area contributed by atoms with Crippen molar-refractivity contribution in [2.45, 2.75) is 12.2 Å². The second kappa shape index (κ2) is 5.59. The van der Waals surface area contributed by atoms with Gasteiger partial charge in [0, 0.05) is 0 Å². The average Bonchev–Trinajstić information content (AvgIpc) is 2.38. The fourth-order valence-electron chi connectivity index (χ4n) is 1.95. The molecule has 0 amide bonds. The van der Waals surface area contributed by atoms with Crippen LogP contribution in [0.3, 0.4) is 0 Å². The number of hydrogen-bond acceptors (Lipinski definition) is 2. The van der Waals surface area contributed by atoms with Crippen LogP contribution in [0.2, 0.25) is 0 Å². The number of aliphatic hydroxyl groups is 1. The van der Waals surface area contributed by atoms with Gasteiger partial charge in [-0.3, -0.25) is 5.32 Å². The standard InChI is InChI=1S/C14H14F3NO/c15-14(16,17)9-18-13(8-19)12-6-5-10-3-1-2-4-11(10)7-12/h1-7,13,18-19H,8-9H2. The van der Waals surface area contributed by atoms with Crippen molar-refractivity contribution >= 4 is 10.8 Å². The number of alkyl halides is 3. The molecule has 19 heavy (non-hydrogen) atoms. The molecule has 1 atom stereocenters. The Kier molecular flexibility index (Phi) is 4.07. The van der Waals surface area contributed by atoms with Crippen molar-refractivity contribution in [1.82, 2.24) is 5.32 Å². The predicted octanol–water partition coefficient (Wildman–Crippen LogP) is 3.03. The summed E-state index contributed by atoms with van der Waals surface area (Å²) >= 11 is 0. The number of nitrogens with one attached hydrogen (secondary N) is 1. The van der Waals surface area contributed by atoms with E-state index in [2.05, 4.69) is 5.32 Å². The van der Waals surface area contributed by atoms with Crippen LogP contribution in [0.5, 0.6) is 0 Å². The quantitative estimate of drug-likeness (QED) is 0.894. The van der Waals surface area contributed by atoms with Crippen LogP contribution in [-0.2, 0) is 0 Å². The highest BCUT2D eigenvalue weighted by Gasteiger charge is 2.28. The smallest absolute Gasteiger partial charge is 0.394 e. The average molecular weight is 269 g/mol. The van der Waals surface area contributed by atoms with Gasteiger partial charge < -0.3 is 5.11 Å². The molecule has 0 fully saturated rings. The number of halogens is 3. The number of benzene rings is 2. The summed E-state index contributed by atoms with van der Waals surface area (Å²) in [6.45, 7) is -1.50. The normalized spacial score (nSPS) is 13.7. The van der Waals surface area contributed by atoms with E-state index in [1.807, 2.05) is 30.3 Å². The molecule has 2 rings (SSSR count). The minimum Gasteiger partial charge on any atom is -0.394 e. The molecule has 1 unspecified atom stereocenters. The lowest BCUT2D eigenvalue weighted by Gasteiger charge is -2.18. The lowest BCUT2D eigenvalue weighted by molar-refractivity contribution is -0.126. The number of aliphatic hydroxyl groups excluding tert-OH is 1. The van der Waals surface area contributed by atoms with E-state index in [4.69, 9.17) is 0 Å². The van der Waals surface area contributed by atoms with Gasteiger partial charge >= 0.3 is 6.18 Å². The third kappa shape index (κ3) is 3.68. The minimum atomic E-state index is -4.29. The maximum atomic E-state index is 12.2. The van der Waals surface area contributed by atoms with E-state index in [0.29, 0.717) is 5.56 Å². The molecule has 2 aromatic carbocycles. The van der Waals surface area contributed by atoms with Crippen LogP contribution in [0.25, 0.3) is 10.8 Å². The highest BCUT2D eigenvalue weighted by molar-refractivity contribution is 5.83. The summed E-state index contributed by atoms with van der Waals surface area (Å²) in [7, 11) is 0. The number of hydrogen-bond donors (Lipinski definition) is 2. The van der Waals surface area contributed by atoms with Crippen LogP contribution >= 0.6 is 0 Å². The van der Waals surface area contributed by atoms with Gasteiger partial charge in [0.15, 0.2) is 0 Å². The first-order valence-corrected chi connectivity index (χ1v) is 5.89. The van der Waals surface area contributed by atoms with Gasteiger partial charge in [-0.1, -0.05) is 36.4 Å². The van der Waals surface area contributed by atoms with Crippen LogP contribution in [0.4, 0.5) is 13.2 Å². The molecule has 0 aliphatic heterocycles. The molecule has 0 aromatic heterocycles. The molecule has 0 saturated heterocycles. The molecule has 102 valence electrons. The second-order valence-electron chi connectivity index (χ2n) is 4.34. The van der Waals surface area contributed by atoms with Gasteiger partial charge in [-0.05, 0) is 22.4 Å². The van der Waals surface area contributed by atoms with Crippen molar-refractivity contribution in [3.63, 3.8) is 0 Å². The van der Waals surface area contributed by atoms with E-state index in [-0.39, 0.29) is 6.61 Å². The van der Waals surface area contributed by atoms with E-state index >= 15 is 0 Å². The molecule has 0 saturated carbocycles. The van der Waals surface area contributed by atoms with Crippen molar-refractivity contribution in [2.24, 2.45) is 0 Å². The summed E-state index contributed by atoms with van der Waals surface area (Å²) in [6, 6.07) is 12.2. The van der Waals surface area contributed by atoms with Crippen molar-refractivity contribution in [1.29, 1.82) is 0 Å². The Labute approximate surface area is 108 Å². The lowest BCUT2D eigenvalue weighted by atomic mass is 10.0. The summed E-state index contributed by atoms with van der Waals surface area (Å²) in [5, 5.41) is 13.5. The van der Waals surface area contributed by atoms with Crippen molar-refractivity contribution < 1.29 is 18.3 Å². The summed E-state index contributed by atoms with van der Waals surface area (Å²) in [5.41, 5.74) is 0.644. The van der Waals surface area contributed by atoms with Gasteiger partial charge in [-0.2, -0.15) is 13.2 Å². The summed E-state index contributed by atoms with van der Waals surface area (Å²) in [5.74, 6) is 0. The van der Waals surface area contributed by atoms with Crippen LogP contribution < -0.4 is 5.32 Å². The summed E-state index contributed by atoms with van der Waals surface area (Å²) < 4.78 is 36.5. The number of fused-ring (bicyclic) bond motifs is 1. The molecule has 0 heterocycles. The topological polar surface area (TPSA) is 32.3 Å². The Morgan fingerprint density at radius 1 is 1.05 bits per heavy atom. The Morgan fingerprint density at radius 2 is 1.74 bits per heavy atom. The predicted molar refractivity (Wildman–Crippen MR) is 67.8 cm³/mol. The summed E-state index contributed by atoms with van der Waals surface area (Å²) in [4.78, 5) is 0. The van der Waals surface area contributed by atoms with E-state index in [1.165, 1.54) is 0 Å². The van der Waals surface area contributed by atoms with E-state index < -0.39 is 18.8 Å². The van der Waals surface area contributed by atoms with Crippen molar-refractivity contribution in [2.75, 3.05) is 13.2 Å². The Bertz CT molecular complexity index is 554. The first kappa shape index (κ1) is 13.8. The monoisotopic (exact) mass is 269 g/mol. The molecule has 0 aliphatic carbocycles. The van der Waals surface area contributed by atoms with Gasteiger partial charge in [0.1, 0.15) is 0 Å². The van der Waals surface area contributed by atoms with Gasteiger partial charge in [0.25, 0.3) is 0 Å². The highest BCUT2D eigenvalue weighted by atomic mass is 19.4. The molecule has 0 radical (unpaired) electrons. The van der Waals surface area contributed by atoms with Gasteiger partial charge in [0.05, 0.1) is 19.2 Å². The molecule has 2 N–H and O–H groups in total. The maximum absolute atomic E-state index is 12.2. The van der Waals surface area contributed by atoms with E-state index in [0.717, 1.165) is 10.8 Å². The van der Waals surface area contributed by atoms with Crippen LogP contribution in [0.1, 0.15) is 11.6 Å². The maximum Gasteiger partial charge on any atom is 0.401 e. The first-order chi connectivity index (χ1) is 8.99. The second-order valence-corrected chi connectivity index (χ2v) is 4.34. The fourth-order valence-corrected chi connectivity index (χ4v) is 1.95. The van der Waals surface area contributed by atoms with Gasteiger partial charge in [-0.15, -0.1) is 0 Å². The SMILES string of the molecule is OCC(NCC(F)(F)F)c1ccc2ccccc2c1. The van der Waals surface area contributed by atoms with Gasteiger partial charge in [0.2, 0.25) is 0 Å².